The van der Waals surface area contributed by atoms with E-state index in [1.807, 2.05) is 6.07 Å². The second kappa shape index (κ2) is 7.12. The summed E-state index contributed by atoms with van der Waals surface area (Å²) in [5.41, 5.74) is 9.08. The Bertz CT molecular complexity index is 1110. The monoisotopic (exact) mass is 419 g/mol. The minimum Gasteiger partial charge on any atom is -0.282 e. The number of imide groups is 1. The summed E-state index contributed by atoms with van der Waals surface area (Å²) in [5, 5.41) is 2.01. The van der Waals surface area contributed by atoms with Crippen LogP contribution in [0.2, 0.25) is 0 Å². The van der Waals surface area contributed by atoms with Gasteiger partial charge in [0.2, 0.25) is 0 Å². The lowest BCUT2D eigenvalue weighted by Crippen LogP contribution is -2.34. The van der Waals surface area contributed by atoms with E-state index in [-0.39, 0.29) is 22.0 Å². The summed E-state index contributed by atoms with van der Waals surface area (Å²) in [6.45, 7) is 13.7. The normalized spacial score (nSPS) is 20.9. The van der Waals surface area contributed by atoms with Gasteiger partial charge in [-0.25, -0.2) is 0 Å². The first-order valence-electron chi connectivity index (χ1n) is 10.5. The molecular formula is C26H29NO2S. The van der Waals surface area contributed by atoms with Crippen LogP contribution in [0.15, 0.2) is 35.2 Å². The molecular weight excluding hydrogens is 390 g/mol. The quantitative estimate of drug-likeness (QED) is 0.555. The molecule has 0 saturated carbocycles. The average Bonchev–Trinajstić information content (AvgIpc) is 2.97. The molecule has 1 N–H and O–H groups in total. The van der Waals surface area contributed by atoms with Crippen molar-refractivity contribution < 1.29 is 9.59 Å². The van der Waals surface area contributed by atoms with Crippen molar-refractivity contribution in [3.05, 3.63) is 63.1 Å². The molecule has 4 heteroatoms. The van der Waals surface area contributed by atoms with Gasteiger partial charge in [-0.3, -0.25) is 14.9 Å². The van der Waals surface area contributed by atoms with Crippen molar-refractivity contribution in [3.8, 4) is 11.1 Å². The molecule has 2 aliphatic rings. The summed E-state index contributed by atoms with van der Waals surface area (Å²) in [5.74, 6) is -0.318. The van der Waals surface area contributed by atoms with E-state index in [1.54, 1.807) is 6.08 Å². The van der Waals surface area contributed by atoms with Crippen molar-refractivity contribution in [1.29, 1.82) is 0 Å². The van der Waals surface area contributed by atoms with Crippen LogP contribution in [-0.4, -0.2) is 11.1 Å². The number of hydrogen-bond donors (Lipinski definition) is 1. The van der Waals surface area contributed by atoms with Crippen LogP contribution >= 0.6 is 11.8 Å². The molecule has 2 amide bonds. The Hall–Kier alpha value is -2.33. The van der Waals surface area contributed by atoms with E-state index in [0.29, 0.717) is 4.91 Å². The van der Waals surface area contributed by atoms with Crippen molar-refractivity contribution in [2.75, 3.05) is 0 Å². The SMILES string of the molecule is Cc1ccc(/C=C2/SC(=O)NC2=O)cc1-c1cc2c(cc1C)C(C)(C)CCC2(C)C. The number of hydrogen-bond acceptors (Lipinski definition) is 3. The highest BCUT2D eigenvalue weighted by atomic mass is 32.2. The third-order valence-corrected chi connectivity index (χ3v) is 7.50. The molecule has 156 valence electrons. The highest BCUT2D eigenvalue weighted by Gasteiger charge is 2.37. The lowest BCUT2D eigenvalue weighted by molar-refractivity contribution is -0.115. The van der Waals surface area contributed by atoms with Gasteiger partial charge in [0.15, 0.2) is 0 Å². The number of carbonyl (C=O) groups is 2. The average molecular weight is 420 g/mol. The fraction of sp³-hybridized carbons (Fsp3) is 0.385. The maximum Gasteiger partial charge on any atom is 0.290 e. The molecule has 2 aromatic rings. The predicted octanol–water partition coefficient (Wildman–Crippen LogP) is 6.64. The predicted molar refractivity (Wildman–Crippen MR) is 126 cm³/mol. The van der Waals surface area contributed by atoms with Gasteiger partial charge in [0.25, 0.3) is 11.1 Å². The van der Waals surface area contributed by atoms with E-state index in [2.05, 4.69) is 71.1 Å². The molecule has 1 aliphatic carbocycles. The van der Waals surface area contributed by atoms with E-state index >= 15 is 0 Å². The molecule has 0 atom stereocenters. The second-order valence-electron chi connectivity index (χ2n) is 9.91. The van der Waals surface area contributed by atoms with Crippen molar-refractivity contribution in [1.82, 2.24) is 5.32 Å². The van der Waals surface area contributed by atoms with Gasteiger partial charge in [0, 0.05) is 0 Å². The first-order chi connectivity index (χ1) is 14.0. The first-order valence-corrected chi connectivity index (χ1v) is 11.3. The molecule has 3 nitrogen and oxygen atoms in total. The zero-order valence-corrected chi connectivity index (χ0v) is 19.4. The van der Waals surface area contributed by atoms with Crippen molar-refractivity contribution in [3.63, 3.8) is 0 Å². The molecule has 30 heavy (non-hydrogen) atoms. The van der Waals surface area contributed by atoms with Gasteiger partial charge in [-0.15, -0.1) is 0 Å². The third-order valence-electron chi connectivity index (χ3n) is 6.69. The maximum absolute atomic E-state index is 11.9. The van der Waals surface area contributed by atoms with Crippen molar-refractivity contribution in [2.24, 2.45) is 0 Å². The molecule has 0 spiro atoms. The lowest BCUT2D eigenvalue weighted by atomic mass is 9.62. The number of fused-ring (bicyclic) bond motifs is 1. The van der Waals surface area contributed by atoms with E-state index in [1.165, 1.54) is 46.2 Å². The highest BCUT2D eigenvalue weighted by Crippen LogP contribution is 2.48. The Morgan fingerprint density at radius 2 is 1.47 bits per heavy atom. The van der Waals surface area contributed by atoms with Gasteiger partial charge >= 0.3 is 0 Å². The van der Waals surface area contributed by atoms with E-state index in [0.717, 1.165) is 17.3 Å². The fourth-order valence-corrected chi connectivity index (χ4v) is 5.29. The fourth-order valence-electron chi connectivity index (χ4n) is 4.60. The number of carbonyl (C=O) groups excluding carboxylic acids is 2. The van der Waals surface area contributed by atoms with Gasteiger partial charge < -0.3 is 0 Å². The van der Waals surface area contributed by atoms with Crippen LogP contribution in [0.4, 0.5) is 4.79 Å². The Morgan fingerprint density at radius 1 is 0.867 bits per heavy atom. The Balaban J connectivity index is 1.84. The van der Waals surface area contributed by atoms with Crippen molar-refractivity contribution >= 4 is 29.0 Å². The number of aryl methyl sites for hydroxylation is 2. The standard InChI is InChI=1S/C26H29NO2S/c1-15-7-8-17(13-22-23(28)27-24(29)30-22)12-18(15)19-14-21-20(11-16(19)2)25(3,4)9-10-26(21,5)6/h7-8,11-14H,9-10H2,1-6H3,(H,27,28,29)/b22-13+. The Morgan fingerprint density at radius 3 is 2.07 bits per heavy atom. The van der Waals surface area contributed by atoms with Gasteiger partial charge in [-0.05, 0) is 100 Å². The van der Waals surface area contributed by atoms with Gasteiger partial charge in [-0.2, -0.15) is 0 Å². The smallest absolute Gasteiger partial charge is 0.282 e. The number of nitrogens with one attached hydrogen (secondary N) is 1. The van der Waals surface area contributed by atoms with Crippen LogP contribution in [-0.2, 0) is 15.6 Å². The molecule has 0 radical (unpaired) electrons. The van der Waals surface area contributed by atoms with Crippen LogP contribution in [0.5, 0.6) is 0 Å². The summed E-state index contributed by atoms with van der Waals surface area (Å²) >= 11 is 0.957. The van der Waals surface area contributed by atoms with Crippen LogP contribution in [0.1, 0.15) is 68.4 Å². The van der Waals surface area contributed by atoms with Crippen LogP contribution in [0.25, 0.3) is 17.2 Å². The maximum atomic E-state index is 11.9. The van der Waals surface area contributed by atoms with E-state index in [4.69, 9.17) is 0 Å². The van der Waals surface area contributed by atoms with Gasteiger partial charge in [0.05, 0.1) is 4.91 Å². The molecule has 4 rings (SSSR count). The molecule has 1 saturated heterocycles. The summed E-state index contributed by atoms with van der Waals surface area (Å²) < 4.78 is 0. The van der Waals surface area contributed by atoms with Crippen LogP contribution in [0.3, 0.4) is 0 Å². The summed E-state index contributed by atoms with van der Waals surface area (Å²) in [4.78, 5) is 23.9. The van der Waals surface area contributed by atoms with E-state index in [9.17, 15) is 9.59 Å². The highest BCUT2D eigenvalue weighted by molar-refractivity contribution is 8.18. The number of benzene rings is 2. The molecule has 0 bridgehead atoms. The minimum atomic E-state index is -0.318. The van der Waals surface area contributed by atoms with Gasteiger partial charge in [-0.1, -0.05) is 52.0 Å². The molecule has 0 aromatic heterocycles. The Labute approximate surface area is 183 Å². The molecule has 0 unspecified atom stereocenters. The molecule has 1 fully saturated rings. The third kappa shape index (κ3) is 3.62. The number of thioether (sulfide) groups is 1. The first kappa shape index (κ1) is 20.9. The zero-order valence-electron chi connectivity index (χ0n) is 18.6. The van der Waals surface area contributed by atoms with Gasteiger partial charge in [0.1, 0.15) is 0 Å². The summed E-state index contributed by atoms with van der Waals surface area (Å²) in [6.07, 6.45) is 4.18. The van der Waals surface area contributed by atoms with Crippen LogP contribution < -0.4 is 5.32 Å². The van der Waals surface area contributed by atoms with E-state index < -0.39 is 0 Å². The zero-order chi connectivity index (χ0) is 21.8. The summed E-state index contributed by atoms with van der Waals surface area (Å²) in [6, 6.07) is 11.0. The summed E-state index contributed by atoms with van der Waals surface area (Å²) in [7, 11) is 0. The lowest BCUT2D eigenvalue weighted by Gasteiger charge is -2.42. The largest absolute Gasteiger partial charge is 0.290 e. The molecule has 1 aliphatic heterocycles. The van der Waals surface area contributed by atoms with Crippen molar-refractivity contribution in [2.45, 2.75) is 65.2 Å². The number of rotatable bonds is 2. The van der Waals surface area contributed by atoms with Crippen LogP contribution in [0, 0.1) is 13.8 Å². The second-order valence-corrected chi connectivity index (χ2v) is 10.9. The number of amides is 2. The topological polar surface area (TPSA) is 46.2 Å². The Kier molecular flexibility index (Phi) is 4.97. The minimum absolute atomic E-state index is 0.153. The molecule has 1 heterocycles. The molecule has 2 aromatic carbocycles.